The van der Waals surface area contributed by atoms with Crippen LogP contribution in [-0.4, -0.2) is 10.5 Å². The van der Waals surface area contributed by atoms with Crippen molar-refractivity contribution in [3.05, 3.63) is 43.2 Å². The quantitative estimate of drug-likeness (QED) is 0.709. The predicted octanol–water partition coefficient (Wildman–Crippen LogP) is 5.14. The third-order valence-electron chi connectivity index (χ3n) is 2.73. The number of rotatable bonds is 5. The minimum atomic E-state index is 0.0960. The van der Waals surface area contributed by atoms with Crippen molar-refractivity contribution in [3.63, 3.8) is 0 Å². The van der Waals surface area contributed by atoms with Crippen molar-refractivity contribution in [2.75, 3.05) is 0 Å². The molecule has 2 rings (SSSR count). The van der Waals surface area contributed by atoms with Gasteiger partial charge in [0.15, 0.2) is 0 Å². The van der Waals surface area contributed by atoms with Gasteiger partial charge in [0.1, 0.15) is 12.4 Å². The van der Waals surface area contributed by atoms with E-state index in [2.05, 4.69) is 75.1 Å². The lowest BCUT2D eigenvalue weighted by Crippen LogP contribution is -2.35. The van der Waals surface area contributed by atoms with Crippen molar-refractivity contribution in [2.24, 2.45) is 0 Å². The molecule has 3 nitrogen and oxygen atoms in total. The smallest absolute Gasteiger partial charge is 0.148 e. The minimum Gasteiger partial charge on any atom is -0.485 e. The summed E-state index contributed by atoms with van der Waals surface area (Å²) in [4.78, 5) is 4.22. The van der Waals surface area contributed by atoms with E-state index in [0.29, 0.717) is 6.61 Å². The first-order valence-corrected chi connectivity index (χ1v) is 9.11. The lowest BCUT2D eigenvalue weighted by Gasteiger charge is -2.21. The van der Waals surface area contributed by atoms with Gasteiger partial charge < -0.3 is 10.1 Å². The maximum atomic E-state index is 5.84. The fourth-order valence-corrected chi connectivity index (χ4v) is 3.73. The predicted molar refractivity (Wildman–Crippen MR) is 94.9 cm³/mol. The van der Waals surface area contributed by atoms with Crippen LogP contribution in [0.4, 0.5) is 0 Å². The van der Waals surface area contributed by atoms with Gasteiger partial charge in [-0.1, -0.05) is 0 Å². The Morgan fingerprint density at radius 1 is 1.24 bits per heavy atom. The van der Waals surface area contributed by atoms with Gasteiger partial charge in [-0.3, -0.25) is 0 Å². The monoisotopic (exact) mass is 432 g/mol. The van der Waals surface area contributed by atoms with E-state index in [1.165, 1.54) is 5.56 Å². The normalized spacial score (nSPS) is 11.7. The highest BCUT2D eigenvalue weighted by molar-refractivity contribution is 9.11. The van der Waals surface area contributed by atoms with Gasteiger partial charge >= 0.3 is 0 Å². The first-order chi connectivity index (χ1) is 9.85. The van der Waals surface area contributed by atoms with Gasteiger partial charge in [-0.2, -0.15) is 0 Å². The van der Waals surface area contributed by atoms with Gasteiger partial charge in [0, 0.05) is 17.5 Å². The minimum absolute atomic E-state index is 0.0960. The van der Waals surface area contributed by atoms with Crippen molar-refractivity contribution in [1.82, 2.24) is 10.3 Å². The summed E-state index contributed by atoms with van der Waals surface area (Å²) >= 11 is 8.74. The molecule has 0 spiro atoms. The van der Waals surface area contributed by atoms with Gasteiger partial charge in [0.05, 0.1) is 20.1 Å². The molecule has 6 heteroatoms. The Kier molecular flexibility index (Phi) is 5.82. The van der Waals surface area contributed by atoms with Crippen LogP contribution in [0.15, 0.2) is 32.0 Å². The standard InChI is InChI=1S/C15H18Br2N2OS/c1-15(2,3)19-6-10-4-12(16)14(13(17)5-10)20-7-11-8-21-9-18-11/h4-5,8-9,19H,6-7H2,1-3H3. The Hall–Kier alpha value is -0.430. The molecule has 0 bridgehead atoms. The summed E-state index contributed by atoms with van der Waals surface area (Å²) in [5.74, 6) is 0.808. The number of hydrogen-bond acceptors (Lipinski definition) is 4. The number of nitrogens with one attached hydrogen (secondary N) is 1. The second-order valence-electron chi connectivity index (χ2n) is 5.76. The van der Waals surface area contributed by atoms with E-state index < -0.39 is 0 Å². The molecule has 1 aromatic carbocycles. The molecule has 0 aliphatic heterocycles. The maximum absolute atomic E-state index is 5.84. The van der Waals surface area contributed by atoms with Crippen LogP contribution in [-0.2, 0) is 13.2 Å². The Bertz CT molecular complexity index is 571. The van der Waals surface area contributed by atoms with E-state index >= 15 is 0 Å². The van der Waals surface area contributed by atoms with Crippen LogP contribution in [0.1, 0.15) is 32.0 Å². The second-order valence-corrected chi connectivity index (χ2v) is 8.19. The molecule has 0 saturated heterocycles. The van der Waals surface area contributed by atoms with Gasteiger partial charge in [-0.25, -0.2) is 4.98 Å². The Morgan fingerprint density at radius 3 is 2.43 bits per heavy atom. The van der Waals surface area contributed by atoms with Crippen molar-refractivity contribution in [2.45, 2.75) is 39.5 Å². The summed E-state index contributed by atoms with van der Waals surface area (Å²) in [6.45, 7) is 7.75. The van der Waals surface area contributed by atoms with E-state index in [0.717, 1.165) is 26.9 Å². The molecule has 2 aromatic rings. The molecule has 1 aromatic heterocycles. The van der Waals surface area contributed by atoms with E-state index in [1.54, 1.807) is 11.3 Å². The summed E-state index contributed by atoms with van der Waals surface area (Å²) in [5, 5.41) is 5.46. The van der Waals surface area contributed by atoms with Crippen molar-refractivity contribution in [1.29, 1.82) is 0 Å². The maximum Gasteiger partial charge on any atom is 0.148 e. The third-order valence-corrected chi connectivity index (χ3v) is 4.54. The molecule has 0 radical (unpaired) electrons. The van der Waals surface area contributed by atoms with Crippen LogP contribution in [0.2, 0.25) is 0 Å². The third kappa shape index (κ3) is 5.36. The zero-order valence-corrected chi connectivity index (χ0v) is 16.2. The van der Waals surface area contributed by atoms with Crippen LogP contribution in [0.25, 0.3) is 0 Å². The second kappa shape index (κ2) is 7.22. The summed E-state index contributed by atoms with van der Waals surface area (Å²) in [5.41, 5.74) is 4.05. The summed E-state index contributed by atoms with van der Waals surface area (Å²) in [7, 11) is 0. The van der Waals surface area contributed by atoms with Crippen LogP contribution >= 0.6 is 43.2 Å². The number of aromatic nitrogens is 1. The van der Waals surface area contributed by atoms with Gasteiger partial charge in [0.2, 0.25) is 0 Å². The van der Waals surface area contributed by atoms with Gasteiger partial charge in [-0.05, 0) is 70.3 Å². The molecule has 0 fully saturated rings. The van der Waals surface area contributed by atoms with Crippen molar-refractivity contribution >= 4 is 43.2 Å². The fraction of sp³-hybridized carbons (Fsp3) is 0.400. The number of hydrogen-bond donors (Lipinski definition) is 1. The summed E-state index contributed by atoms with van der Waals surface area (Å²) in [6, 6.07) is 4.17. The van der Waals surface area contributed by atoms with E-state index in [-0.39, 0.29) is 5.54 Å². The highest BCUT2D eigenvalue weighted by Gasteiger charge is 2.12. The van der Waals surface area contributed by atoms with Crippen molar-refractivity contribution in [3.8, 4) is 5.75 Å². The lowest BCUT2D eigenvalue weighted by atomic mass is 10.1. The molecule has 0 aliphatic rings. The Balaban J connectivity index is 2.06. The molecular weight excluding hydrogens is 416 g/mol. The van der Waals surface area contributed by atoms with Crippen LogP contribution < -0.4 is 10.1 Å². The number of nitrogens with zero attached hydrogens (tertiary/aromatic N) is 1. The molecule has 0 amide bonds. The molecule has 0 saturated carbocycles. The molecule has 0 unspecified atom stereocenters. The first-order valence-electron chi connectivity index (χ1n) is 6.58. The molecule has 0 aliphatic carbocycles. The highest BCUT2D eigenvalue weighted by Crippen LogP contribution is 2.35. The van der Waals surface area contributed by atoms with E-state index in [1.807, 2.05) is 10.9 Å². The zero-order valence-electron chi connectivity index (χ0n) is 12.2. The van der Waals surface area contributed by atoms with Crippen LogP contribution in [0.3, 0.4) is 0 Å². The molecular formula is C15H18Br2N2OS. The van der Waals surface area contributed by atoms with E-state index in [4.69, 9.17) is 4.74 Å². The SMILES string of the molecule is CC(C)(C)NCc1cc(Br)c(OCc2cscn2)c(Br)c1. The van der Waals surface area contributed by atoms with E-state index in [9.17, 15) is 0 Å². The van der Waals surface area contributed by atoms with Crippen molar-refractivity contribution < 1.29 is 4.74 Å². The average molecular weight is 434 g/mol. The summed E-state index contributed by atoms with van der Waals surface area (Å²) in [6.07, 6.45) is 0. The number of benzene rings is 1. The molecule has 1 N–H and O–H groups in total. The molecule has 0 atom stereocenters. The zero-order chi connectivity index (χ0) is 15.5. The Labute approximate surface area is 146 Å². The summed E-state index contributed by atoms with van der Waals surface area (Å²) < 4.78 is 7.73. The van der Waals surface area contributed by atoms with Crippen LogP contribution in [0, 0.1) is 0 Å². The topological polar surface area (TPSA) is 34.1 Å². The average Bonchev–Trinajstić information content (AvgIpc) is 2.87. The van der Waals surface area contributed by atoms with Gasteiger partial charge in [-0.15, -0.1) is 11.3 Å². The lowest BCUT2D eigenvalue weighted by molar-refractivity contribution is 0.298. The number of thiazole rings is 1. The Morgan fingerprint density at radius 2 is 1.90 bits per heavy atom. The molecule has 114 valence electrons. The number of ether oxygens (including phenoxy) is 1. The largest absolute Gasteiger partial charge is 0.485 e. The fourth-order valence-electron chi connectivity index (χ4n) is 1.67. The van der Waals surface area contributed by atoms with Gasteiger partial charge in [0.25, 0.3) is 0 Å². The van der Waals surface area contributed by atoms with Crippen LogP contribution in [0.5, 0.6) is 5.75 Å². The molecule has 1 heterocycles. The highest BCUT2D eigenvalue weighted by atomic mass is 79.9. The molecule has 21 heavy (non-hydrogen) atoms. The first kappa shape index (κ1) is 16.9. The number of halogens is 2.